The molecule has 1 aromatic carbocycles. The maximum absolute atomic E-state index is 12.4. The standard InChI is InChI=1S/C25H36N2O4/c1-29-23-7-3-2-5-20(23)6-4-14-27-15-12-25(13-16-27)11-8-22(31-25)19-26-24(28)21-9-17-30-18-10-21/h2-7,21-22H,8-19H2,1H3,(H,26,28)/b6-4+. The molecule has 0 bridgehead atoms. The lowest BCUT2D eigenvalue weighted by Crippen LogP contribution is -2.45. The molecule has 1 unspecified atom stereocenters. The Morgan fingerprint density at radius 2 is 1.97 bits per heavy atom. The van der Waals surface area contributed by atoms with Crippen LogP contribution in [0, 0.1) is 5.92 Å². The molecule has 1 atom stereocenters. The Morgan fingerprint density at radius 3 is 2.74 bits per heavy atom. The Balaban J connectivity index is 1.18. The fourth-order valence-electron chi connectivity index (χ4n) is 5.00. The fourth-order valence-corrected chi connectivity index (χ4v) is 5.00. The Hall–Kier alpha value is -1.89. The van der Waals surface area contributed by atoms with Crippen molar-refractivity contribution in [3.63, 3.8) is 0 Å². The van der Waals surface area contributed by atoms with Gasteiger partial charge in [0.1, 0.15) is 5.75 Å². The third kappa shape index (κ3) is 5.88. The normalized spacial score (nSPS) is 24.6. The van der Waals surface area contributed by atoms with Crippen molar-refractivity contribution in [1.29, 1.82) is 0 Å². The third-order valence-corrected chi connectivity index (χ3v) is 7.00. The second-order valence-corrected chi connectivity index (χ2v) is 9.04. The van der Waals surface area contributed by atoms with Gasteiger partial charge in [0.2, 0.25) is 5.91 Å². The first-order valence-electron chi connectivity index (χ1n) is 11.7. The van der Waals surface area contributed by atoms with Crippen molar-refractivity contribution in [2.24, 2.45) is 5.92 Å². The first-order valence-corrected chi connectivity index (χ1v) is 11.7. The van der Waals surface area contributed by atoms with Crippen molar-refractivity contribution in [2.75, 3.05) is 46.5 Å². The number of benzene rings is 1. The summed E-state index contributed by atoms with van der Waals surface area (Å²) in [6, 6.07) is 8.09. The lowest BCUT2D eigenvalue weighted by Gasteiger charge is -2.39. The minimum absolute atomic E-state index is 0.0109. The minimum Gasteiger partial charge on any atom is -0.496 e. The molecule has 0 radical (unpaired) electrons. The molecule has 1 N–H and O–H groups in total. The first-order chi connectivity index (χ1) is 15.2. The molecule has 170 valence electrons. The molecule has 3 heterocycles. The average molecular weight is 429 g/mol. The highest BCUT2D eigenvalue weighted by Crippen LogP contribution is 2.38. The van der Waals surface area contributed by atoms with Crippen LogP contribution in [0.4, 0.5) is 0 Å². The van der Waals surface area contributed by atoms with E-state index in [4.69, 9.17) is 14.2 Å². The maximum Gasteiger partial charge on any atom is 0.223 e. The first kappa shape index (κ1) is 22.3. The number of piperidine rings is 1. The van der Waals surface area contributed by atoms with Crippen LogP contribution in [0.25, 0.3) is 6.08 Å². The summed E-state index contributed by atoms with van der Waals surface area (Å²) in [5, 5.41) is 3.13. The molecule has 31 heavy (non-hydrogen) atoms. The molecular formula is C25H36N2O4. The summed E-state index contributed by atoms with van der Waals surface area (Å²) in [5.74, 6) is 1.19. The molecule has 1 aromatic rings. The number of hydrogen-bond acceptors (Lipinski definition) is 5. The van der Waals surface area contributed by atoms with E-state index >= 15 is 0 Å². The van der Waals surface area contributed by atoms with Crippen molar-refractivity contribution in [1.82, 2.24) is 10.2 Å². The summed E-state index contributed by atoms with van der Waals surface area (Å²) in [5.41, 5.74) is 1.12. The molecule has 0 aromatic heterocycles. The van der Waals surface area contributed by atoms with E-state index in [9.17, 15) is 4.79 Å². The van der Waals surface area contributed by atoms with E-state index in [1.54, 1.807) is 7.11 Å². The summed E-state index contributed by atoms with van der Waals surface area (Å²) in [6.45, 7) is 5.09. The highest BCUT2D eigenvalue weighted by atomic mass is 16.5. The Bertz CT molecular complexity index is 752. The van der Waals surface area contributed by atoms with Crippen LogP contribution in [0.3, 0.4) is 0 Å². The number of hydrogen-bond donors (Lipinski definition) is 1. The number of para-hydroxylation sites is 1. The van der Waals surface area contributed by atoms with Gasteiger partial charge in [0.15, 0.2) is 0 Å². The number of ether oxygens (including phenoxy) is 3. The van der Waals surface area contributed by atoms with Crippen LogP contribution in [0.15, 0.2) is 30.3 Å². The van der Waals surface area contributed by atoms with E-state index < -0.39 is 0 Å². The summed E-state index contributed by atoms with van der Waals surface area (Å²) in [6.07, 6.45) is 10.5. The molecule has 6 nitrogen and oxygen atoms in total. The van der Waals surface area contributed by atoms with E-state index in [0.717, 1.165) is 69.5 Å². The van der Waals surface area contributed by atoms with Gasteiger partial charge in [0, 0.05) is 50.9 Å². The molecule has 3 aliphatic heterocycles. The molecule has 6 heteroatoms. The molecule has 3 fully saturated rings. The number of nitrogens with one attached hydrogen (secondary N) is 1. The number of carbonyl (C=O) groups excluding carboxylic acids is 1. The smallest absolute Gasteiger partial charge is 0.223 e. The number of rotatable bonds is 7. The van der Waals surface area contributed by atoms with E-state index in [2.05, 4.69) is 28.4 Å². The van der Waals surface area contributed by atoms with Crippen LogP contribution in [0.1, 0.15) is 44.1 Å². The molecule has 1 amide bonds. The highest BCUT2D eigenvalue weighted by molar-refractivity contribution is 5.78. The Labute approximate surface area is 185 Å². The lowest BCUT2D eigenvalue weighted by atomic mass is 9.88. The van der Waals surface area contributed by atoms with E-state index in [-0.39, 0.29) is 23.5 Å². The number of methoxy groups -OCH3 is 1. The topological polar surface area (TPSA) is 60.0 Å². The zero-order valence-electron chi connectivity index (χ0n) is 18.7. The monoisotopic (exact) mass is 428 g/mol. The van der Waals surface area contributed by atoms with Crippen LogP contribution in [0.5, 0.6) is 5.75 Å². The molecule has 4 rings (SSSR count). The average Bonchev–Trinajstić information content (AvgIpc) is 3.22. The zero-order chi connectivity index (χ0) is 21.5. The van der Waals surface area contributed by atoms with Crippen LogP contribution in [-0.4, -0.2) is 69.0 Å². The summed E-state index contributed by atoms with van der Waals surface area (Å²) >= 11 is 0. The zero-order valence-corrected chi connectivity index (χ0v) is 18.7. The van der Waals surface area contributed by atoms with Gasteiger partial charge in [-0.05, 0) is 44.6 Å². The van der Waals surface area contributed by atoms with Crippen LogP contribution in [-0.2, 0) is 14.3 Å². The lowest BCUT2D eigenvalue weighted by molar-refractivity contribution is -0.129. The fraction of sp³-hybridized carbons (Fsp3) is 0.640. The van der Waals surface area contributed by atoms with Gasteiger partial charge in [0.05, 0.1) is 18.8 Å². The van der Waals surface area contributed by atoms with Crippen molar-refractivity contribution in [3.05, 3.63) is 35.9 Å². The van der Waals surface area contributed by atoms with Crippen molar-refractivity contribution in [2.45, 2.75) is 50.2 Å². The number of carbonyl (C=O) groups is 1. The summed E-state index contributed by atoms with van der Waals surface area (Å²) in [4.78, 5) is 14.9. The quantitative estimate of drug-likeness (QED) is 0.722. The molecular weight excluding hydrogens is 392 g/mol. The van der Waals surface area contributed by atoms with Crippen LogP contribution < -0.4 is 10.1 Å². The third-order valence-electron chi connectivity index (χ3n) is 7.00. The van der Waals surface area contributed by atoms with Crippen molar-refractivity contribution < 1.29 is 19.0 Å². The van der Waals surface area contributed by atoms with Gasteiger partial charge in [0.25, 0.3) is 0 Å². The van der Waals surface area contributed by atoms with E-state index in [0.29, 0.717) is 19.8 Å². The van der Waals surface area contributed by atoms with E-state index in [1.807, 2.05) is 18.2 Å². The summed E-state index contributed by atoms with van der Waals surface area (Å²) < 4.78 is 17.2. The molecule has 1 spiro atoms. The predicted octanol–water partition coefficient (Wildman–Crippen LogP) is 3.26. The number of nitrogens with zero attached hydrogens (tertiary/aromatic N) is 1. The van der Waals surface area contributed by atoms with Crippen LogP contribution >= 0.6 is 0 Å². The van der Waals surface area contributed by atoms with Gasteiger partial charge in [-0.25, -0.2) is 0 Å². The molecule has 0 saturated carbocycles. The maximum atomic E-state index is 12.4. The van der Waals surface area contributed by atoms with Crippen molar-refractivity contribution in [3.8, 4) is 5.75 Å². The van der Waals surface area contributed by atoms with Gasteiger partial charge >= 0.3 is 0 Å². The SMILES string of the molecule is COc1ccccc1/C=C/CN1CCC2(CCC(CNC(=O)C3CCOCC3)O2)CC1. The predicted molar refractivity (Wildman–Crippen MR) is 121 cm³/mol. The summed E-state index contributed by atoms with van der Waals surface area (Å²) in [7, 11) is 1.71. The molecule has 0 aliphatic carbocycles. The largest absolute Gasteiger partial charge is 0.496 e. The van der Waals surface area contributed by atoms with Gasteiger partial charge < -0.3 is 19.5 Å². The minimum atomic E-state index is 0.0109. The van der Waals surface area contributed by atoms with Gasteiger partial charge in [-0.2, -0.15) is 0 Å². The highest BCUT2D eigenvalue weighted by Gasteiger charge is 2.42. The van der Waals surface area contributed by atoms with Crippen molar-refractivity contribution >= 4 is 12.0 Å². The number of amides is 1. The van der Waals surface area contributed by atoms with Crippen LogP contribution in [0.2, 0.25) is 0 Å². The Morgan fingerprint density at radius 1 is 1.19 bits per heavy atom. The second-order valence-electron chi connectivity index (χ2n) is 9.04. The second kappa shape index (κ2) is 10.6. The van der Waals surface area contributed by atoms with E-state index in [1.165, 1.54) is 0 Å². The molecule has 3 aliphatic rings. The number of likely N-dealkylation sites (tertiary alicyclic amines) is 1. The van der Waals surface area contributed by atoms with Gasteiger partial charge in [-0.1, -0.05) is 30.4 Å². The Kier molecular flexibility index (Phi) is 7.64. The van der Waals surface area contributed by atoms with Gasteiger partial charge in [-0.15, -0.1) is 0 Å². The molecule has 3 saturated heterocycles. The van der Waals surface area contributed by atoms with Gasteiger partial charge in [-0.3, -0.25) is 9.69 Å².